The Bertz CT molecular complexity index is 1010. The molecule has 0 aliphatic carbocycles. The normalized spacial score (nSPS) is 15.5. The van der Waals surface area contributed by atoms with Gasteiger partial charge in [-0.3, -0.25) is 14.5 Å². The number of nitrogens with zero attached hydrogens (tertiary/aromatic N) is 1. The van der Waals surface area contributed by atoms with Gasteiger partial charge in [0.2, 0.25) is 0 Å². The molecule has 28 heavy (non-hydrogen) atoms. The van der Waals surface area contributed by atoms with E-state index in [1.54, 1.807) is 36.4 Å². The van der Waals surface area contributed by atoms with Gasteiger partial charge >= 0.3 is 6.03 Å². The van der Waals surface area contributed by atoms with E-state index in [1.165, 1.54) is 11.3 Å². The van der Waals surface area contributed by atoms with Crippen LogP contribution in [0.15, 0.2) is 76.6 Å². The molecule has 3 amide bonds. The molecule has 0 radical (unpaired) electrons. The molecule has 0 spiro atoms. The van der Waals surface area contributed by atoms with Gasteiger partial charge in [-0.15, -0.1) is 11.3 Å². The third-order valence-electron chi connectivity index (χ3n) is 4.67. The molecule has 2 aromatic carbocycles. The minimum Gasteiger partial charge on any atom is -0.315 e. The number of amides is 3. The Morgan fingerprint density at radius 2 is 1.50 bits per heavy atom. The van der Waals surface area contributed by atoms with Gasteiger partial charge in [-0.25, -0.2) is 4.79 Å². The van der Waals surface area contributed by atoms with E-state index in [4.69, 9.17) is 0 Å². The van der Waals surface area contributed by atoms with Crippen LogP contribution in [0.1, 0.15) is 20.8 Å². The molecule has 1 aliphatic heterocycles. The zero-order chi connectivity index (χ0) is 19.7. The Labute approximate surface area is 174 Å². The number of carbonyl (C=O) groups is 3. The Kier molecular flexibility index (Phi) is 4.87. The van der Waals surface area contributed by atoms with Crippen LogP contribution in [-0.4, -0.2) is 29.2 Å². The molecular weight excluding hydrogens is 440 g/mol. The predicted octanol–water partition coefficient (Wildman–Crippen LogP) is 4.19. The second-order valence-electron chi connectivity index (χ2n) is 6.33. The number of carbonyl (C=O) groups excluding carboxylic acids is 3. The van der Waals surface area contributed by atoms with Crippen LogP contribution in [0, 0.1) is 0 Å². The largest absolute Gasteiger partial charge is 0.325 e. The molecule has 1 saturated heterocycles. The van der Waals surface area contributed by atoms with Gasteiger partial charge in [-0.2, -0.15) is 0 Å². The van der Waals surface area contributed by atoms with Gasteiger partial charge in [0, 0.05) is 0 Å². The molecule has 7 heteroatoms. The van der Waals surface area contributed by atoms with Gasteiger partial charge in [-0.05, 0) is 39.2 Å². The third kappa shape index (κ3) is 3.06. The summed E-state index contributed by atoms with van der Waals surface area (Å²) < 4.78 is 0.816. The number of thiophene rings is 1. The molecule has 1 aliphatic rings. The zero-order valence-corrected chi connectivity index (χ0v) is 17.0. The molecule has 0 atom stereocenters. The van der Waals surface area contributed by atoms with Crippen LogP contribution in [-0.2, 0) is 10.3 Å². The molecule has 0 saturated carbocycles. The maximum absolute atomic E-state index is 13.5. The third-order valence-corrected chi connectivity index (χ3v) is 6.33. The summed E-state index contributed by atoms with van der Waals surface area (Å²) in [5.74, 6) is -0.741. The summed E-state index contributed by atoms with van der Waals surface area (Å²) in [5.41, 5.74) is -0.0580. The highest BCUT2D eigenvalue weighted by atomic mass is 79.9. The van der Waals surface area contributed by atoms with Gasteiger partial charge < -0.3 is 5.32 Å². The van der Waals surface area contributed by atoms with Crippen molar-refractivity contribution >= 4 is 45.0 Å². The molecule has 4 rings (SSSR count). The van der Waals surface area contributed by atoms with E-state index in [9.17, 15) is 14.4 Å². The highest BCUT2D eigenvalue weighted by Gasteiger charge is 2.54. The fourth-order valence-electron chi connectivity index (χ4n) is 3.34. The van der Waals surface area contributed by atoms with Crippen molar-refractivity contribution in [1.29, 1.82) is 0 Å². The topological polar surface area (TPSA) is 66.5 Å². The molecule has 3 aromatic rings. The molecular formula is C21H15BrN2O3S. The van der Waals surface area contributed by atoms with Crippen molar-refractivity contribution in [2.24, 2.45) is 0 Å². The number of imide groups is 1. The first-order valence-electron chi connectivity index (χ1n) is 8.56. The van der Waals surface area contributed by atoms with E-state index < -0.39 is 17.5 Å². The van der Waals surface area contributed by atoms with Crippen molar-refractivity contribution in [1.82, 2.24) is 10.2 Å². The van der Waals surface area contributed by atoms with Crippen LogP contribution >= 0.6 is 27.3 Å². The van der Waals surface area contributed by atoms with Crippen LogP contribution < -0.4 is 5.32 Å². The summed E-state index contributed by atoms with van der Waals surface area (Å²) in [4.78, 5) is 40.3. The zero-order valence-electron chi connectivity index (χ0n) is 14.6. The SMILES string of the molecule is O=C(CN1C(=O)NC(c2ccccc2)(c2ccccc2)C1=O)c1ccc(Br)s1. The Balaban J connectivity index is 1.74. The van der Waals surface area contributed by atoms with E-state index in [0.29, 0.717) is 16.0 Å². The highest BCUT2D eigenvalue weighted by molar-refractivity contribution is 9.11. The first kappa shape index (κ1) is 18.6. The van der Waals surface area contributed by atoms with Gasteiger partial charge in [0.25, 0.3) is 5.91 Å². The quantitative estimate of drug-likeness (QED) is 0.464. The highest BCUT2D eigenvalue weighted by Crippen LogP contribution is 2.36. The lowest BCUT2D eigenvalue weighted by Gasteiger charge is -2.27. The van der Waals surface area contributed by atoms with Crippen molar-refractivity contribution in [2.75, 3.05) is 6.54 Å². The lowest BCUT2D eigenvalue weighted by atomic mass is 9.82. The lowest BCUT2D eigenvalue weighted by molar-refractivity contribution is -0.129. The van der Waals surface area contributed by atoms with Crippen molar-refractivity contribution in [2.45, 2.75) is 5.54 Å². The van der Waals surface area contributed by atoms with Crippen molar-refractivity contribution in [3.05, 3.63) is 92.6 Å². The van der Waals surface area contributed by atoms with Crippen LogP contribution in [0.4, 0.5) is 4.79 Å². The number of rotatable bonds is 5. The molecule has 1 N–H and O–H groups in total. The first-order valence-corrected chi connectivity index (χ1v) is 10.2. The van der Waals surface area contributed by atoms with Crippen LogP contribution in [0.2, 0.25) is 0 Å². The molecule has 1 fully saturated rings. The van der Waals surface area contributed by atoms with E-state index in [-0.39, 0.29) is 12.3 Å². The Morgan fingerprint density at radius 1 is 0.929 bits per heavy atom. The molecule has 140 valence electrons. The molecule has 2 heterocycles. The summed E-state index contributed by atoms with van der Waals surface area (Å²) in [6.45, 7) is -0.307. The standard InChI is InChI=1S/C21H15BrN2O3S/c22-18-12-11-17(28-18)16(25)13-24-19(26)21(23-20(24)27,14-7-3-1-4-8-14)15-9-5-2-6-10-15/h1-12H,13H2,(H,23,27). The minimum absolute atomic E-state index is 0.281. The first-order chi connectivity index (χ1) is 13.5. The number of Topliss-reactive ketones (excluding diaryl/α,β-unsaturated/α-hetero) is 1. The Hall–Kier alpha value is -2.77. The van der Waals surface area contributed by atoms with Gasteiger partial charge in [-0.1, -0.05) is 60.7 Å². The second kappa shape index (κ2) is 7.33. The maximum atomic E-state index is 13.5. The number of halogens is 1. The summed E-state index contributed by atoms with van der Waals surface area (Å²) >= 11 is 4.59. The fraction of sp³-hybridized carbons (Fsp3) is 0.0952. The lowest BCUT2D eigenvalue weighted by Crippen LogP contribution is -2.45. The molecule has 5 nitrogen and oxygen atoms in total. The summed E-state index contributed by atoms with van der Waals surface area (Å²) in [6.07, 6.45) is 0. The number of benzene rings is 2. The summed E-state index contributed by atoms with van der Waals surface area (Å²) in [7, 11) is 0. The van der Waals surface area contributed by atoms with Crippen molar-refractivity contribution in [3.8, 4) is 0 Å². The number of urea groups is 1. The van der Waals surface area contributed by atoms with Crippen LogP contribution in [0.25, 0.3) is 0 Å². The average Bonchev–Trinajstić information content (AvgIpc) is 3.26. The maximum Gasteiger partial charge on any atom is 0.325 e. The number of hydrogen-bond donors (Lipinski definition) is 1. The monoisotopic (exact) mass is 454 g/mol. The molecule has 0 unspecified atom stereocenters. The summed E-state index contributed by atoms with van der Waals surface area (Å²) in [5, 5.41) is 2.84. The smallest absolute Gasteiger partial charge is 0.315 e. The summed E-state index contributed by atoms with van der Waals surface area (Å²) in [6, 6.07) is 21.0. The Morgan fingerprint density at radius 3 is 2.00 bits per heavy atom. The second-order valence-corrected chi connectivity index (χ2v) is 8.79. The number of ketones is 1. The fourth-order valence-corrected chi connectivity index (χ4v) is 4.66. The van der Waals surface area contributed by atoms with E-state index in [1.807, 2.05) is 36.4 Å². The van der Waals surface area contributed by atoms with E-state index in [0.717, 1.165) is 8.69 Å². The predicted molar refractivity (Wildman–Crippen MR) is 110 cm³/mol. The van der Waals surface area contributed by atoms with Gasteiger partial charge in [0.15, 0.2) is 11.3 Å². The van der Waals surface area contributed by atoms with Crippen LogP contribution in [0.3, 0.4) is 0 Å². The van der Waals surface area contributed by atoms with Crippen molar-refractivity contribution < 1.29 is 14.4 Å². The average molecular weight is 455 g/mol. The number of nitrogens with one attached hydrogen (secondary N) is 1. The van der Waals surface area contributed by atoms with E-state index >= 15 is 0 Å². The molecule has 1 aromatic heterocycles. The van der Waals surface area contributed by atoms with E-state index in [2.05, 4.69) is 21.2 Å². The van der Waals surface area contributed by atoms with Crippen molar-refractivity contribution in [3.63, 3.8) is 0 Å². The van der Waals surface area contributed by atoms with Gasteiger partial charge in [0.1, 0.15) is 0 Å². The minimum atomic E-state index is -1.35. The van der Waals surface area contributed by atoms with Crippen LogP contribution in [0.5, 0.6) is 0 Å². The van der Waals surface area contributed by atoms with Gasteiger partial charge in [0.05, 0.1) is 15.2 Å². The molecule has 0 bridgehead atoms. The number of hydrogen-bond acceptors (Lipinski definition) is 4.